The number of likely N-dealkylation sites (tertiary alicyclic amines) is 1. The minimum Gasteiger partial charge on any atom is -0.462 e. The predicted molar refractivity (Wildman–Crippen MR) is 86.3 cm³/mol. The monoisotopic (exact) mass is 325 g/mol. The highest BCUT2D eigenvalue weighted by Gasteiger charge is 2.18. The third-order valence-corrected chi connectivity index (χ3v) is 4.62. The number of amides is 1. The van der Waals surface area contributed by atoms with Crippen LogP contribution in [0.25, 0.3) is 0 Å². The topological polar surface area (TPSA) is 71.5 Å². The van der Waals surface area contributed by atoms with Crippen molar-refractivity contribution >= 4 is 28.3 Å². The number of carbonyl (C=O) groups excluding carboxylic acids is 2. The first-order valence-corrected chi connectivity index (χ1v) is 8.58. The standard InChI is InChI=1S/C15H23N3O3S/c1-3-21-14(20)13-11(2)16-15(22-13)17-12(19)10-18-8-6-4-5-7-9-18/h3-10H2,1-2H3,(H,16,17,19). The molecule has 0 unspecified atom stereocenters. The van der Waals surface area contributed by atoms with Crippen molar-refractivity contribution in [1.82, 2.24) is 9.88 Å². The smallest absolute Gasteiger partial charge is 0.350 e. The van der Waals surface area contributed by atoms with Gasteiger partial charge in [0.2, 0.25) is 5.91 Å². The minimum atomic E-state index is -0.384. The highest BCUT2D eigenvalue weighted by atomic mass is 32.1. The lowest BCUT2D eigenvalue weighted by atomic mass is 10.2. The summed E-state index contributed by atoms with van der Waals surface area (Å²) >= 11 is 1.17. The van der Waals surface area contributed by atoms with E-state index in [1.165, 1.54) is 24.2 Å². The Hall–Kier alpha value is -1.47. The number of carbonyl (C=O) groups is 2. The van der Waals surface area contributed by atoms with Gasteiger partial charge in [-0.25, -0.2) is 9.78 Å². The maximum absolute atomic E-state index is 12.1. The molecule has 0 saturated carbocycles. The predicted octanol–water partition coefficient (Wildman–Crippen LogP) is 2.44. The van der Waals surface area contributed by atoms with E-state index in [0.29, 0.717) is 28.9 Å². The number of nitrogens with one attached hydrogen (secondary N) is 1. The van der Waals surface area contributed by atoms with Crippen molar-refractivity contribution in [1.29, 1.82) is 0 Å². The second-order valence-corrected chi connectivity index (χ2v) is 6.39. The number of hydrogen-bond acceptors (Lipinski definition) is 6. The van der Waals surface area contributed by atoms with E-state index in [0.717, 1.165) is 25.9 Å². The molecule has 6 nitrogen and oxygen atoms in total. The fourth-order valence-electron chi connectivity index (χ4n) is 2.49. The molecule has 1 fully saturated rings. The zero-order valence-corrected chi connectivity index (χ0v) is 14.0. The lowest BCUT2D eigenvalue weighted by Gasteiger charge is -2.18. The van der Waals surface area contributed by atoms with Gasteiger partial charge in [0.1, 0.15) is 4.88 Å². The van der Waals surface area contributed by atoms with Gasteiger partial charge in [0, 0.05) is 0 Å². The Labute approximate surface area is 134 Å². The number of esters is 1. The van der Waals surface area contributed by atoms with Gasteiger partial charge in [-0.2, -0.15) is 0 Å². The van der Waals surface area contributed by atoms with E-state index in [-0.39, 0.29) is 11.9 Å². The van der Waals surface area contributed by atoms with Crippen molar-refractivity contribution in [3.8, 4) is 0 Å². The molecule has 1 aliphatic rings. The molecule has 0 atom stereocenters. The third kappa shape index (κ3) is 4.78. The molecule has 1 N–H and O–H groups in total. The Kier molecular flexibility index (Phi) is 6.33. The highest BCUT2D eigenvalue weighted by Crippen LogP contribution is 2.23. The summed E-state index contributed by atoms with van der Waals surface area (Å²) in [6, 6.07) is 0. The van der Waals surface area contributed by atoms with Gasteiger partial charge in [-0.1, -0.05) is 24.2 Å². The molecule has 0 spiro atoms. The maximum Gasteiger partial charge on any atom is 0.350 e. The molecule has 22 heavy (non-hydrogen) atoms. The number of nitrogens with zero attached hydrogens (tertiary/aromatic N) is 2. The van der Waals surface area contributed by atoms with E-state index in [1.807, 2.05) is 0 Å². The summed E-state index contributed by atoms with van der Waals surface area (Å²) in [5.41, 5.74) is 0.591. The molecule has 1 aromatic heterocycles. The number of rotatable bonds is 5. The number of hydrogen-bond donors (Lipinski definition) is 1. The maximum atomic E-state index is 12.1. The van der Waals surface area contributed by atoms with Crippen LogP contribution in [-0.4, -0.2) is 48.0 Å². The van der Waals surface area contributed by atoms with Crippen molar-refractivity contribution < 1.29 is 14.3 Å². The van der Waals surface area contributed by atoms with E-state index < -0.39 is 0 Å². The molecule has 2 heterocycles. The van der Waals surface area contributed by atoms with Gasteiger partial charge in [-0.3, -0.25) is 9.69 Å². The summed E-state index contributed by atoms with van der Waals surface area (Å²) in [7, 11) is 0. The van der Waals surface area contributed by atoms with Crippen LogP contribution < -0.4 is 5.32 Å². The van der Waals surface area contributed by atoms with Gasteiger partial charge < -0.3 is 10.1 Å². The molecule has 122 valence electrons. The van der Waals surface area contributed by atoms with Crippen LogP contribution in [0, 0.1) is 6.92 Å². The van der Waals surface area contributed by atoms with Crippen LogP contribution >= 0.6 is 11.3 Å². The number of thiazole rings is 1. The van der Waals surface area contributed by atoms with Crippen LogP contribution in [0.5, 0.6) is 0 Å². The van der Waals surface area contributed by atoms with E-state index in [2.05, 4.69) is 15.2 Å². The Morgan fingerprint density at radius 3 is 2.59 bits per heavy atom. The second kappa shape index (κ2) is 8.24. The first-order valence-electron chi connectivity index (χ1n) is 7.77. The van der Waals surface area contributed by atoms with Gasteiger partial charge in [-0.15, -0.1) is 0 Å². The summed E-state index contributed by atoms with van der Waals surface area (Å²) in [4.78, 5) is 30.7. The first kappa shape index (κ1) is 16.9. The summed E-state index contributed by atoms with van der Waals surface area (Å²) in [5, 5.41) is 3.25. The summed E-state index contributed by atoms with van der Waals surface area (Å²) in [5.74, 6) is -0.462. The van der Waals surface area contributed by atoms with Crippen molar-refractivity contribution in [2.75, 3.05) is 31.6 Å². The number of aromatic nitrogens is 1. The Morgan fingerprint density at radius 2 is 1.95 bits per heavy atom. The van der Waals surface area contributed by atoms with Gasteiger partial charge in [0.05, 0.1) is 18.8 Å². The van der Waals surface area contributed by atoms with Crippen molar-refractivity contribution in [3.05, 3.63) is 10.6 Å². The molecule has 0 bridgehead atoms. The number of ether oxygens (including phenoxy) is 1. The van der Waals surface area contributed by atoms with Crippen LogP contribution in [0.1, 0.15) is 48.0 Å². The fraction of sp³-hybridized carbons (Fsp3) is 0.667. The zero-order valence-electron chi connectivity index (χ0n) is 13.2. The molecule has 0 aromatic carbocycles. The average molecular weight is 325 g/mol. The largest absolute Gasteiger partial charge is 0.462 e. The molecule has 7 heteroatoms. The van der Waals surface area contributed by atoms with Crippen LogP contribution in [0.4, 0.5) is 5.13 Å². The molecule has 0 aliphatic carbocycles. The van der Waals surface area contributed by atoms with Crippen molar-refractivity contribution in [2.45, 2.75) is 39.5 Å². The molecule has 0 radical (unpaired) electrons. The summed E-state index contributed by atoms with van der Waals surface area (Å²) in [6.07, 6.45) is 4.78. The molecule has 1 aromatic rings. The molecule has 1 saturated heterocycles. The quantitative estimate of drug-likeness (QED) is 0.842. The van der Waals surface area contributed by atoms with Crippen molar-refractivity contribution in [2.24, 2.45) is 0 Å². The number of aryl methyl sites for hydroxylation is 1. The van der Waals surface area contributed by atoms with Crippen LogP contribution in [0.15, 0.2) is 0 Å². The van der Waals surface area contributed by atoms with Crippen LogP contribution in [0.2, 0.25) is 0 Å². The average Bonchev–Trinajstić information content (AvgIpc) is 2.67. The Morgan fingerprint density at radius 1 is 1.27 bits per heavy atom. The van der Waals surface area contributed by atoms with Crippen molar-refractivity contribution in [3.63, 3.8) is 0 Å². The molecule has 1 aliphatic heterocycles. The highest BCUT2D eigenvalue weighted by molar-refractivity contribution is 7.17. The minimum absolute atomic E-state index is 0.0777. The molecular weight excluding hydrogens is 302 g/mol. The van der Waals surface area contributed by atoms with Gasteiger partial charge in [0.25, 0.3) is 0 Å². The van der Waals surface area contributed by atoms with Gasteiger partial charge >= 0.3 is 5.97 Å². The second-order valence-electron chi connectivity index (χ2n) is 5.39. The van der Waals surface area contributed by atoms with E-state index >= 15 is 0 Å². The Bertz CT molecular complexity index is 522. The SMILES string of the molecule is CCOC(=O)c1sc(NC(=O)CN2CCCCCC2)nc1C. The third-order valence-electron chi connectivity index (χ3n) is 3.57. The van der Waals surface area contributed by atoms with E-state index in [4.69, 9.17) is 4.74 Å². The summed E-state index contributed by atoms with van der Waals surface area (Å²) in [6.45, 7) is 6.16. The van der Waals surface area contributed by atoms with Crippen LogP contribution in [0.3, 0.4) is 0 Å². The Balaban J connectivity index is 1.91. The molecule has 2 rings (SSSR count). The molecule has 1 amide bonds. The first-order chi connectivity index (χ1) is 10.6. The van der Waals surface area contributed by atoms with Gasteiger partial charge in [0.15, 0.2) is 5.13 Å². The molecular formula is C15H23N3O3S. The fourth-order valence-corrected chi connectivity index (χ4v) is 3.37. The van der Waals surface area contributed by atoms with Crippen LogP contribution in [-0.2, 0) is 9.53 Å². The van der Waals surface area contributed by atoms with E-state index in [1.54, 1.807) is 13.8 Å². The number of anilines is 1. The normalized spacial score (nSPS) is 16.1. The zero-order chi connectivity index (χ0) is 15.9. The summed E-state index contributed by atoms with van der Waals surface area (Å²) < 4.78 is 4.97. The van der Waals surface area contributed by atoms with Gasteiger partial charge in [-0.05, 0) is 39.8 Å². The van der Waals surface area contributed by atoms with E-state index in [9.17, 15) is 9.59 Å². The lowest BCUT2D eigenvalue weighted by molar-refractivity contribution is -0.117. The lowest BCUT2D eigenvalue weighted by Crippen LogP contribution is -2.33.